The maximum atomic E-state index is 11.6. The number of hydrogen-bond acceptors (Lipinski definition) is 3. The van der Waals surface area contributed by atoms with Crippen LogP contribution in [0.15, 0.2) is 42.5 Å². The van der Waals surface area contributed by atoms with Crippen molar-refractivity contribution >= 4 is 5.97 Å². The molecular weight excluding hydrogens is 280 g/mol. The highest BCUT2D eigenvalue weighted by molar-refractivity contribution is 5.73. The Morgan fingerprint density at radius 2 is 1.64 bits per heavy atom. The second-order valence-electron chi connectivity index (χ2n) is 5.17. The lowest BCUT2D eigenvalue weighted by atomic mass is 9.97. The molecule has 0 bridgehead atoms. The SMILES string of the molecule is COc1ccccc1OC(Cc1c(C)cccc1C)C(=O)O. The molecule has 0 heterocycles. The van der Waals surface area contributed by atoms with E-state index < -0.39 is 12.1 Å². The Morgan fingerprint density at radius 1 is 1.05 bits per heavy atom. The minimum Gasteiger partial charge on any atom is -0.493 e. The van der Waals surface area contributed by atoms with Crippen molar-refractivity contribution in [2.75, 3.05) is 7.11 Å². The largest absolute Gasteiger partial charge is 0.493 e. The van der Waals surface area contributed by atoms with Crippen LogP contribution in [0.5, 0.6) is 11.5 Å². The van der Waals surface area contributed by atoms with Crippen LogP contribution in [0.25, 0.3) is 0 Å². The summed E-state index contributed by atoms with van der Waals surface area (Å²) in [7, 11) is 1.53. The number of ether oxygens (including phenoxy) is 2. The average molecular weight is 300 g/mol. The van der Waals surface area contributed by atoms with Crippen molar-refractivity contribution in [2.24, 2.45) is 0 Å². The zero-order valence-electron chi connectivity index (χ0n) is 13.0. The van der Waals surface area contributed by atoms with E-state index >= 15 is 0 Å². The molecule has 1 N–H and O–H groups in total. The molecule has 1 atom stereocenters. The second-order valence-corrected chi connectivity index (χ2v) is 5.17. The monoisotopic (exact) mass is 300 g/mol. The summed E-state index contributed by atoms with van der Waals surface area (Å²) >= 11 is 0. The van der Waals surface area contributed by atoms with Gasteiger partial charge in [0.15, 0.2) is 17.6 Å². The lowest BCUT2D eigenvalue weighted by Gasteiger charge is -2.19. The number of aliphatic carboxylic acids is 1. The molecule has 4 nitrogen and oxygen atoms in total. The van der Waals surface area contributed by atoms with Gasteiger partial charge in [0.25, 0.3) is 0 Å². The van der Waals surface area contributed by atoms with E-state index in [0.29, 0.717) is 17.9 Å². The summed E-state index contributed by atoms with van der Waals surface area (Å²) in [6.07, 6.45) is -0.651. The topological polar surface area (TPSA) is 55.8 Å². The van der Waals surface area contributed by atoms with E-state index in [2.05, 4.69) is 0 Å². The highest BCUT2D eigenvalue weighted by Crippen LogP contribution is 2.28. The lowest BCUT2D eigenvalue weighted by molar-refractivity contribution is -0.145. The van der Waals surface area contributed by atoms with Gasteiger partial charge in [-0.2, -0.15) is 0 Å². The summed E-state index contributed by atoms with van der Waals surface area (Å²) in [6.45, 7) is 3.95. The Hall–Kier alpha value is -2.49. The first-order valence-corrected chi connectivity index (χ1v) is 7.10. The minimum absolute atomic E-state index is 0.311. The maximum Gasteiger partial charge on any atom is 0.345 e. The molecule has 22 heavy (non-hydrogen) atoms. The van der Waals surface area contributed by atoms with Gasteiger partial charge < -0.3 is 14.6 Å². The Labute approximate surface area is 130 Å². The van der Waals surface area contributed by atoms with Gasteiger partial charge in [-0.1, -0.05) is 30.3 Å². The number of methoxy groups -OCH3 is 1. The van der Waals surface area contributed by atoms with Crippen molar-refractivity contribution in [3.8, 4) is 11.5 Å². The second kappa shape index (κ2) is 6.98. The molecule has 0 aliphatic rings. The third kappa shape index (κ3) is 3.58. The fourth-order valence-electron chi connectivity index (χ4n) is 2.41. The molecule has 2 rings (SSSR count). The van der Waals surface area contributed by atoms with Gasteiger partial charge in [0.1, 0.15) is 0 Å². The molecular formula is C18H20O4. The van der Waals surface area contributed by atoms with E-state index in [-0.39, 0.29) is 0 Å². The van der Waals surface area contributed by atoms with Crippen molar-refractivity contribution in [1.82, 2.24) is 0 Å². The van der Waals surface area contributed by atoms with Gasteiger partial charge in [0.2, 0.25) is 0 Å². The lowest BCUT2D eigenvalue weighted by Crippen LogP contribution is -2.30. The molecule has 4 heteroatoms. The average Bonchev–Trinajstić information content (AvgIpc) is 2.50. The predicted octanol–water partition coefficient (Wildman–Crippen LogP) is 3.39. The van der Waals surface area contributed by atoms with E-state index in [1.54, 1.807) is 18.2 Å². The quantitative estimate of drug-likeness (QED) is 0.888. The van der Waals surface area contributed by atoms with Gasteiger partial charge in [-0.15, -0.1) is 0 Å². The fourth-order valence-corrected chi connectivity index (χ4v) is 2.41. The van der Waals surface area contributed by atoms with Gasteiger partial charge >= 0.3 is 5.97 Å². The summed E-state index contributed by atoms with van der Waals surface area (Å²) in [4.78, 5) is 11.6. The first kappa shape index (κ1) is 15.9. The molecule has 0 aromatic heterocycles. The zero-order chi connectivity index (χ0) is 16.1. The van der Waals surface area contributed by atoms with Crippen molar-refractivity contribution in [3.63, 3.8) is 0 Å². The first-order chi connectivity index (χ1) is 10.5. The van der Waals surface area contributed by atoms with E-state index in [4.69, 9.17) is 9.47 Å². The molecule has 0 aliphatic carbocycles. The third-order valence-corrected chi connectivity index (χ3v) is 3.65. The number of benzene rings is 2. The van der Waals surface area contributed by atoms with Crippen LogP contribution in [0.1, 0.15) is 16.7 Å². The fraction of sp³-hybridized carbons (Fsp3) is 0.278. The molecule has 0 saturated carbocycles. The molecule has 0 radical (unpaired) electrons. The summed E-state index contributed by atoms with van der Waals surface area (Å²) in [5.74, 6) is -0.0348. The van der Waals surface area contributed by atoms with Crippen molar-refractivity contribution < 1.29 is 19.4 Å². The number of para-hydroxylation sites is 2. The standard InChI is InChI=1S/C18H20O4/c1-12-7-6-8-13(2)14(12)11-17(18(19)20)22-16-10-5-4-9-15(16)21-3/h4-10,17H,11H2,1-3H3,(H,19,20). The van der Waals surface area contributed by atoms with E-state index in [0.717, 1.165) is 16.7 Å². The smallest absolute Gasteiger partial charge is 0.345 e. The molecule has 2 aromatic carbocycles. The molecule has 1 unspecified atom stereocenters. The molecule has 116 valence electrons. The van der Waals surface area contributed by atoms with Crippen LogP contribution < -0.4 is 9.47 Å². The highest BCUT2D eigenvalue weighted by atomic mass is 16.5. The number of carbonyl (C=O) groups is 1. The Bertz CT molecular complexity index is 644. The molecule has 0 spiro atoms. The van der Waals surface area contributed by atoms with Crippen molar-refractivity contribution in [3.05, 3.63) is 59.2 Å². The van der Waals surface area contributed by atoms with Gasteiger partial charge in [0, 0.05) is 6.42 Å². The molecule has 0 aliphatic heterocycles. The predicted molar refractivity (Wildman–Crippen MR) is 84.7 cm³/mol. The molecule has 2 aromatic rings. The van der Waals surface area contributed by atoms with E-state index in [1.165, 1.54) is 7.11 Å². The third-order valence-electron chi connectivity index (χ3n) is 3.65. The first-order valence-electron chi connectivity index (χ1n) is 7.10. The highest BCUT2D eigenvalue weighted by Gasteiger charge is 2.23. The number of carboxylic acids is 1. The molecule has 0 saturated heterocycles. The van der Waals surface area contributed by atoms with Crippen LogP contribution in [0, 0.1) is 13.8 Å². The Kier molecular flexibility index (Phi) is 5.04. The van der Waals surface area contributed by atoms with Crippen LogP contribution in [0.3, 0.4) is 0 Å². The summed E-state index contributed by atoms with van der Waals surface area (Å²) < 4.78 is 10.9. The maximum absolute atomic E-state index is 11.6. The summed E-state index contributed by atoms with van der Waals surface area (Å²) in [5.41, 5.74) is 3.13. The zero-order valence-corrected chi connectivity index (χ0v) is 13.0. The summed E-state index contributed by atoms with van der Waals surface area (Å²) in [5, 5.41) is 9.48. The van der Waals surface area contributed by atoms with Gasteiger partial charge in [-0.3, -0.25) is 0 Å². The Morgan fingerprint density at radius 3 is 2.18 bits per heavy atom. The van der Waals surface area contributed by atoms with Gasteiger partial charge in [-0.05, 0) is 42.7 Å². The van der Waals surface area contributed by atoms with Crippen molar-refractivity contribution in [1.29, 1.82) is 0 Å². The van der Waals surface area contributed by atoms with E-state index in [1.807, 2.05) is 38.1 Å². The van der Waals surface area contributed by atoms with Crippen LogP contribution in [-0.2, 0) is 11.2 Å². The molecule has 0 fully saturated rings. The van der Waals surface area contributed by atoms with Crippen molar-refractivity contribution in [2.45, 2.75) is 26.4 Å². The summed E-state index contributed by atoms with van der Waals surface area (Å²) in [6, 6.07) is 13.0. The number of aryl methyl sites for hydroxylation is 2. The normalized spacial score (nSPS) is 11.8. The van der Waals surface area contributed by atoms with Gasteiger partial charge in [-0.25, -0.2) is 4.79 Å². The molecule has 0 amide bonds. The minimum atomic E-state index is -0.992. The number of carboxylic acid groups (broad SMARTS) is 1. The van der Waals surface area contributed by atoms with E-state index in [9.17, 15) is 9.90 Å². The van der Waals surface area contributed by atoms with Crippen LogP contribution in [-0.4, -0.2) is 24.3 Å². The number of rotatable bonds is 6. The Balaban J connectivity index is 2.26. The van der Waals surface area contributed by atoms with Crippen LogP contribution in [0.2, 0.25) is 0 Å². The van der Waals surface area contributed by atoms with Crippen LogP contribution >= 0.6 is 0 Å². The van der Waals surface area contributed by atoms with Gasteiger partial charge in [0.05, 0.1) is 7.11 Å². The number of hydrogen-bond donors (Lipinski definition) is 1. The van der Waals surface area contributed by atoms with Crippen LogP contribution in [0.4, 0.5) is 0 Å².